The van der Waals surface area contributed by atoms with Crippen LogP contribution in [0.3, 0.4) is 0 Å². The molecule has 1 saturated heterocycles. The molecule has 1 fully saturated rings. The summed E-state index contributed by atoms with van der Waals surface area (Å²) in [5.74, 6) is -1.43. The van der Waals surface area contributed by atoms with E-state index in [4.69, 9.17) is 0 Å². The first kappa shape index (κ1) is 23.9. The quantitative estimate of drug-likeness (QED) is 0.583. The summed E-state index contributed by atoms with van der Waals surface area (Å²) in [5.41, 5.74) is -0.386. The van der Waals surface area contributed by atoms with Crippen molar-refractivity contribution in [3.8, 4) is 0 Å². The largest absolute Gasteiger partial charge is 0.380 e. The summed E-state index contributed by atoms with van der Waals surface area (Å²) in [6.45, 7) is 3.48. The highest BCUT2D eigenvalue weighted by atomic mass is 16.4. The number of aliphatic hydroxyl groups is 2. The molecule has 8 heteroatoms. The molecule has 1 aliphatic carbocycles. The molecule has 2 unspecified atom stereocenters. The van der Waals surface area contributed by atoms with E-state index in [0.717, 1.165) is 30.4 Å². The summed E-state index contributed by atoms with van der Waals surface area (Å²) in [7, 11) is 0. The topological polar surface area (TPSA) is 108 Å². The fourth-order valence-corrected chi connectivity index (χ4v) is 4.69. The molecule has 0 bridgehead atoms. The van der Waals surface area contributed by atoms with E-state index in [1.54, 1.807) is 18.0 Å². The molecule has 5 atom stereocenters. The van der Waals surface area contributed by atoms with Gasteiger partial charge in [-0.1, -0.05) is 48.6 Å². The number of hydrogen-bond donors (Lipinski definition) is 3. The van der Waals surface area contributed by atoms with E-state index in [1.165, 1.54) is 6.92 Å². The summed E-state index contributed by atoms with van der Waals surface area (Å²) >= 11 is 0. The van der Waals surface area contributed by atoms with Gasteiger partial charge in [0.2, 0.25) is 0 Å². The van der Waals surface area contributed by atoms with E-state index in [-0.39, 0.29) is 12.1 Å². The summed E-state index contributed by atoms with van der Waals surface area (Å²) < 4.78 is 1.86. The zero-order valence-electron chi connectivity index (χ0n) is 19.5. The van der Waals surface area contributed by atoms with Crippen molar-refractivity contribution in [1.82, 2.24) is 20.0 Å². The first-order valence-electron chi connectivity index (χ1n) is 11.7. The highest BCUT2D eigenvalue weighted by molar-refractivity contribution is 5.94. The monoisotopic (exact) mass is 464 g/mol. The van der Waals surface area contributed by atoms with Crippen LogP contribution in [0.5, 0.6) is 0 Å². The van der Waals surface area contributed by atoms with Crippen LogP contribution in [0.15, 0.2) is 72.6 Å². The first-order chi connectivity index (χ1) is 16.3. The summed E-state index contributed by atoms with van der Waals surface area (Å²) in [6.07, 6.45) is 9.97. The Bertz CT molecular complexity index is 1060. The van der Waals surface area contributed by atoms with Crippen molar-refractivity contribution in [1.29, 1.82) is 0 Å². The molecule has 1 aromatic carbocycles. The van der Waals surface area contributed by atoms with Crippen molar-refractivity contribution in [2.75, 3.05) is 6.54 Å². The maximum absolute atomic E-state index is 13.2. The molecule has 2 heterocycles. The molecule has 2 aromatic rings. The number of hydrogen-bond acceptors (Lipinski definition) is 5. The minimum Gasteiger partial charge on any atom is -0.380 e. The smallest absolute Gasteiger partial charge is 0.258 e. The SMILES string of the molecule is C[C@@H](NC(=O)[C@H](O)[C@@](C)(O)C(=O)N1CCCC1c1ccccc1)C1=CCC(n2cccn2)C=C1. The van der Waals surface area contributed by atoms with Crippen LogP contribution < -0.4 is 5.32 Å². The van der Waals surface area contributed by atoms with Crippen LogP contribution in [0, 0.1) is 0 Å². The van der Waals surface area contributed by atoms with Crippen LogP contribution in [0.25, 0.3) is 0 Å². The molecular weight excluding hydrogens is 432 g/mol. The van der Waals surface area contributed by atoms with E-state index >= 15 is 0 Å². The maximum Gasteiger partial charge on any atom is 0.258 e. The second-order valence-corrected chi connectivity index (χ2v) is 9.20. The highest BCUT2D eigenvalue weighted by Gasteiger charge is 2.47. The van der Waals surface area contributed by atoms with Gasteiger partial charge in [0, 0.05) is 18.9 Å². The number of rotatable bonds is 7. The van der Waals surface area contributed by atoms with Crippen LogP contribution in [0.4, 0.5) is 0 Å². The van der Waals surface area contributed by atoms with Crippen LogP contribution in [0.1, 0.15) is 50.8 Å². The van der Waals surface area contributed by atoms with Crippen LogP contribution in [0.2, 0.25) is 0 Å². The fraction of sp³-hybridized carbons (Fsp3) is 0.423. The number of amides is 2. The minimum absolute atomic E-state index is 0.114. The third-order valence-electron chi connectivity index (χ3n) is 6.74. The number of nitrogens with one attached hydrogen (secondary N) is 1. The zero-order chi connectivity index (χ0) is 24.3. The molecule has 180 valence electrons. The van der Waals surface area contributed by atoms with Crippen molar-refractivity contribution in [3.63, 3.8) is 0 Å². The molecular formula is C26H32N4O4. The van der Waals surface area contributed by atoms with Gasteiger partial charge in [-0.25, -0.2) is 0 Å². The average molecular weight is 465 g/mol. The Labute approximate surface area is 199 Å². The van der Waals surface area contributed by atoms with Gasteiger partial charge in [-0.15, -0.1) is 0 Å². The molecule has 1 aromatic heterocycles. The number of aliphatic hydroxyl groups excluding tert-OH is 1. The van der Waals surface area contributed by atoms with Gasteiger partial charge in [-0.2, -0.15) is 5.10 Å². The van der Waals surface area contributed by atoms with Gasteiger partial charge in [-0.3, -0.25) is 14.3 Å². The van der Waals surface area contributed by atoms with Crippen molar-refractivity contribution in [2.45, 2.75) is 62.9 Å². The van der Waals surface area contributed by atoms with E-state index in [9.17, 15) is 19.8 Å². The lowest BCUT2D eigenvalue weighted by Crippen LogP contribution is -2.59. The van der Waals surface area contributed by atoms with Gasteiger partial charge in [0.05, 0.1) is 18.1 Å². The Morgan fingerprint density at radius 2 is 2.00 bits per heavy atom. The highest BCUT2D eigenvalue weighted by Crippen LogP contribution is 2.34. The molecule has 4 rings (SSSR count). The molecule has 0 saturated carbocycles. The number of nitrogens with zero attached hydrogens (tertiary/aromatic N) is 3. The van der Waals surface area contributed by atoms with Gasteiger partial charge in [-0.05, 0) is 50.3 Å². The minimum atomic E-state index is -2.25. The standard InChI is InChI=1S/C26H32N4O4/c1-18(19-11-13-21(14-12-19)30-17-7-15-27-30)28-24(32)23(31)26(2,34)25(33)29-16-6-10-22(29)20-8-4-3-5-9-20/h3-5,7-9,11-13,15,17-18,21-23,31,34H,6,10,14,16H2,1-2H3,(H,28,32)/t18-,21?,22?,23+,26-/m1/s1. The predicted molar refractivity (Wildman–Crippen MR) is 127 cm³/mol. The van der Waals surface area contributed by atoms with Crippen molar-refractivity contribution in [3.05, 3.63) is 78.2 Å². The summed E-state index contributed by atoms with van der Waals surface area (Å²) in [5, 5.41) is 28.6. The third kappa shape index (κ3) is 4.83. The van der Waals surface area contributed by atoms with Crippen molar-refractivity contribution in [2.24, 2.45) is 0 Å². The van der Waals surface area contributed by atoms with E-state index in [2.05, 4.69) is 10.4 Å². The molecule has 3 N–H and O–H groups in total. The number of aromatic nitrogens is 2. The van der Waals surface area contributed by atoms with Gasteiger partial charge >= 0.3 is 0 Å². The van der Waals surface area contributed by atoms with E-state index in [1.807, 2.05) is 65.5 Å². The lowest BCUT2D eigenvalue weighted by Gasteiger charge is -2.35. The Kier molecular flexibility index (Phi) is 7.00. The van der Waals surface area contributed by atoms with Crippen molar-refractivity contribution >= 4 is 11.8 Å². The van der Waals surface area contributed by atoms with Crippen molar-refractivity contribution < 1.29 is 19.8 Å². The lowest BCUT2D eigenvalue weighted by atomic mass is 9.94. The summed E-state index contributed by atoms with van der Waals surface area (Å²) in [6, 6.07) is 11.0. The molecule has 2 amide bonds. The van der Waals surface area contributed by atoms with E-state index in [0.29, 0.717) is 6.54 Å². The Hall–Kier alpha value is -3.23. The second-order valence-electron chi connectivity index (χ2n) is 9.20. The maximum atomic E-state index is 13.2. The second kappa shape index (κ2) is 9.95. The fourth-order valence-electron chi connectivity index (χ4n) is 4.69. The molecule has 34 heavy (non-hydrogen) atoms. The van der Waals surface area contributed by atoms with Gasteiger partial charge in [0.25, 0.3) is 11.8 Å². The number of carbonyl (C=O) groups is 2. The Balaban J connectivity index is 1.38. The Morgan fingerprint density at radius 1 is 1.24 bits per heavy atom. The lowest BCUT2D eigenvalue weighted by molar-refractivity contribution is -0.168. The predicted octanol–water partition coefficient (Wildman–Crippen LogP) is 2.29. The van der Waals surface area contributed by atoms with E-state index < -0.39 is 29.6 Å². The average Bonchev–Trinajstić information content (AvgIpc) is 3.56. The zero-order valence-corrected chi connectivity index (χ0v) is 19.5. The number of benzene rings is 1. The number of likely N-dealkylation sites (tertiary alicyclic amines) is 1. The molecule has 8 nitrogen and oxygen atoms in total. The van der Waals surface area contributed by atoms with Crippen LogP contribution >= 0.6 is 0 Å². The van der Waals surface area contributed by atoms with Gasteiger partial charge in [0.15, 0.2) is 11.7 Å². The molecule has 1 aliphatic heterocycles. The molecule has 0 radical (unpaired) electrons. The van der Waals surface area contributed by atoms with Crippen LogP contribution in [-0.2, 0) is 9.59 Å². The first-order valence-corrected chi connectivity index (χ1v) is 11.7. The van der Waals surface area contributed by atoms with Gasteiger partial charge < -0.3 is 20.4 Å². The molecule has 2 aliphatic rings. The normalized spacial score (nSPS) is 23.6. The molecule has 0 spiro atoms. The Morgan fingerprint density at radius 3 is 2.65 bits per heavy atom. The number of allylic oxidation sites excluding steroid dienone is 2. The third-order valence-corrected chi connectivity index (χ3v) is 6.74. The summed E-state index contributed by atoms with van der Waals surface area (Å²) in [4.78, 5) is 27.6. The van der Waals surface area contributed by atoms with Gasteiger partial charge in [0.1, 0.15) is 0 Å². The number of carbonyl (C=O) groups excluding carboxylic acids is 2. The van der Waals surface area contributed by atoms with Crippen LogP contribution in [-0.4, -0.2) is 61.0 Å².